The second-order valence-corrected chi connectivity index (χ2v) is 4.39. The third kappa shape index (κ3) is 3.50. The molecule has 90 valence electrons. The summed E-state index contributed by atoms with van der Waals surface area (Å²) in [4.78, 5) is 0. The van der Waals surface area contributed by atoms with Crippen LogP contribution in [0.15, 0.2) is 60.7 Å². The van der Waals surface area contributed by atoms with Crippen molar-refractivity contribution in [3.8, 4) is 11.8 Å². The monoisotopic (exact) mass is 234 g/mol. The molecule has 0 N–H and O–H groups in total. The molecule has 1 atom stereocenters. The van der Waals surface area contributed by atoms with E-state index in [1.165, 1.54) is 5.56 Å². The molecule has 0 spiro atoms. The van der Waals surface area contributed by atoms with Gasteiger partial charge in [0.15, 0.2) is 0 Å². The highest BCUT2D eigenvalue weighted by Crippen LogP contribution is 2.20. The Bertz CT molecular complexity index is 514. The van der Waals surface area contributed by atoms with E-state index in [0.717, 1.165) is 18.4 Å². The summed E-state index contributed by atoms with van der Waals surface area (Å²) in [6, 6.07) is 20.7. The van der Waals surface area contributed by atoms with Crippen LogP contribution >= 0.6 is 0 Å². The predicted octanol–water partition coefficient (Wildman–Crippen LogP) is 4.62. The van der Waals surface area contributed by atoms with Gasteiger partial charge in [-0.05, 0) is 24.1 Å². The highest BCUT2D eigenvalue weighted by atomic mass is 14.1. The Morgan fingerprint density at radius 1 is 0.889 bits per heavy atom. The van der Waals surface area contributed by atoms with E-state index in [0.29, 0.717) is 5.92 Å². The zero-order valence-corrected chi connectivity index (χ0v) is 10.8. The first-order valence-electron chi connectivity index (χ1n) is 6.51. The van der Waals surface area contributed by atoms with Crippen LogP contribution in [-0.4, -0.2) is 0 Å². The molecule has 0 radical (unpaired) electrons. The normalized spacial score (nSPS) is 11.4. The van der Waals surface area contributed by atoms with E-state index in [9.17, 15) is 0 Å². The minimum Gasteiger partial charge on any atom is -0.0897 e. The van der Waals surface area contributed by atoms with Crippen molar-refractivity contribution in [2.45, 2.75) is 25.7 Å². The molecule has 0 fully saturated rings. The van der Waals surface area contributed by atoms with Crippen LogP contribution in [-0.2, 0) is 0 Å². The topological polar surface area (TPSA) is 0 Å². The Kier molecular flexibility index (Phi) is 4.61. The lowest BCUT2D eigenvalue weighted by Gasteiger charge is -2.09. The van der Waals surface area contributed by atoms with Crippen molar-refractivity contribution in [1.29, 1.82) is 0 Å². The fraction of sp³-hybridized carbons (Fsp3) is 0.222. The zero-order valence-electron chi connectivity index (χ0n) is 10.8. The second kappa shape index (κ2) is 6.67. The van der Waals surface area contributed by atoms with Crippen molar-refractivity contribution in [3.63, 3.8) is 0 Å². The molecule has 0 nitrogen and oxygen atoms in total. The van der Waals surface area contributed by atoms with Crippen LogP contribution in [0.25, 0.3) is 0 Å². The number of hydrogen-bond acceptors (Lipinski definition) is 0. The van der Waals surface area contributed by atoms with Gasteiger partial charge in [-0.1, -0.05) is 73.7 Å². The van der Waals surface area contributed by atoms with Crippen LogP contribution in [0, 0.1) is 11.8 Å². The minimum atomic E-state index is 0.344. The van der Waals surface area contributed by atoms with Crippen molar-refractivity contribution in [3.05, 3.63) is 71.8 Å². The quantitative estimate of drug-likeness (QED) is 0.680. The summed E-state index contributed by atoms with van der Waals surface area (Å²) in [6.45, 7) is 2.21. The third-order valence-electron chi connectivity index (χ3n) is 2.94. The smallest absolute Gasteiger partial charge is 0.0455 e. The van der Waals surface area contributed by atoms with Gasteiger partial charge >= 0.3 is 0 Å². The van der Waals surface area contributed by atoms with Crippen LogP contribution in [0.5, 0.6) is 0 Å². The van der Waals surface area contributed by atoms with Crippen molar-refractivity contribution < 1.29 is 0 Å². The SMILES string of the molecule is CCCC(C#Cc1ccccc1)c1ccccc1. The van der Waals surface area contributed by atoms with Gasteiger partial charge in [-0.2, -0.15) is 0 Å². The maximum absolute atomic E-state index is 3.40. The molecule has 0 aliphatic rings. The Labute approximate surface area is 110 Å². The fourth-order valence-corrected chi connectivity index (χ4v) is 1.99. The molecule has 0 aliphatic carbocycles. The third-order valence-corrected chi connectivity index (χ3v) is 2.94. The first-order valence-corrected chi connectivity index (χ1v) is 6.51. The van der Waals surface area contributed by atoms with Crippen molar-refractivity contribution in [1.82, 2.24) is 0 Å². The summed E-state index contributed by atoms with van der Waals surface area (Å²) in [7, 11) is 0. The molecule has 0 heteroatoms. The molecule has 18 heavy (non-hydrogen) atoms. The lowest BCUT2D eigenvalue weighted by molar-refractivity contribution is 0.734. The predicted molar refractivity (Wildman–Crippen MR) is 77.4 cm³/mol. The highest BCUT2D eigenvalue weighted by molar-refractivity contribution is 5.37. The van der Waals surface area contributed by atoms with Crippen LogP contribution in [0.1, 0.15) is 36.8 Å². The average molecular weight is 234 g/mol. The fourth-order valence-electron chi connectivity index (χ4n) is 1.99. The summed E-state index contributed by atoms with van der Waals surface area (Å²) >= 11 is 0. The van der Waals surface area contributed by atoms with E-state index in [4.69, 9.17) is 0 Å². The van der Waals surface area contributed by atoms with E-state index in [2.05, 4.69) is 61.2 Å². The Hall–Kier alpha value is -2.00. The Morgan fingerprint density at radius 2 is 1.50 bits per heavy atom. The standard InChI is InChI=1S/C18H18/c1-2-9-17(18-12-7-4-8-13-18)15-14-16-10-5-3-6-11-16/h3-8,10-13,17H,2,9H2,1H3. The number of rotatable bonds is 3. The molecule has 0 amide bonds. The highest BCUT2D eigenvalue weighted by Gasteiger charge is 2.05. The lowest BCUT2D eigenvalue weighted by Crippen LogP contribution is -1.95. The van der Waals surface area contributed by atoms with Crippen LogP contribution in [0.4, 0.5) is 0 Å². The lowest BCUT2D eigenvalue weighted by atomic mass is 9.95. The summed E-state index contributed by atoms with van der Waals surface area (Å²) in [5, 5.41) is 0. The molecule has 1 unspecified atom stereocenters. The van der Waals surface area contributed by atoms with E-state index in [1.54, 1.807) is 0 Å². The molecule has 2 rings (SSSR count). The maximum atomic E-state index is 3.40. The summed E-state index contributed by atoms with van der Waals surface area (Å²) < 4.78 is 0. The van der Waals surface area contributed by atoms with Gasteiger partial charge in [-0.3, -0.25) is 0 Å². The largest absolute Gasteiger partial charge is 0.0897 e. The molecule has 2 aromatic rings. The van der Waals surface area contributed by atoms with Gasteiger partial charge < -0.3 is 0 Å². The van der Waals surface area contributed by atoms with E-state index in [-0.39, 0.29) is 0 Å². The molecular weight excluding hydrogens is 216 g/mol. The van der Waals surface area contributed by atoms with Crippen molar-refractivity contribution in [2.24, 2.45) is 0 Å². The summed E-state index contributed by atoms with van der Waals surface area (Å²) in [6.07, 6.45) is 2.27. The summed E-state index contributed by atoms with van der Waals surface area (Å²) in [5.74, 6) is 7.03. The van der Waals surface area contributed by atoms with Crippen LogP contribution in [0.3, 0.4) is 0 Å². The van der Waals surface area contributed by atoms with Gasteiger partial charge in [-0.15, -0.1) is 0 Å². The molecule has 0 saturated heterocycles. The minimum absolute atomic E-state index is 0.344. The first kappa shape index (κ1) is 12.5. The maximum Gasteiger partial charge on any atom is 0.0455 e. The van der Waals surface area contributed by atoms with Crippen LogP contribution in [0.2, 0.25) is 0 Å². The van der Waals surface area contributed by atoms with E-state index >= 15 is 0 Å². The molecule has 2 aromatic carbocycles. The first-order chi connectivity index (χ1) is 8.90. The van der Waals surface area contributed by atoms with Gasteiger partial charge in [0, 0.05) is 11.5 Å². The van der Waals surface area contributed by atoms with Crippen LogP contribution < -0.4 is 0 Å². The molecular formula is C18H18. The molecule has 0 aromatic heterocycles. The van der Waals surface area contributed by atoms with Crippen molar-refractivity contribution in [2.75, 3.05) is 0 Å². The van der Waals surface area contributed by atoms with Gasteiger partial charge in [0.2, 0.25) is 0 Å². The molecule has 0 bridgehead atoms. The van der Waals surface area contributed by atoms with E-state index in [1.807, 2.05) is 18.2 Å². The van der Waals surface area contributed by atoms with Gasteiger partial charge in [0.25, 0.3) is 0 Å². The van der Waals surface area contributed by atoms with Gasteiger partial charge in [0.1, 0.15) is 0 Å². The second-order valence-electron chi connectivity index (χ2n) is 4.39. The average Bonchev–Trinajstić information content (AvgIpc) is 2.45. The van der Waals surface area contributed by atoms with Crippen molar-refractivity contribution >= 4 is 0 Å². The molecule has 0 saturated carbocycles. The Balaban J connectivity index is 2.20. The molecule has 0 heterocycles. The van der Waals surface area contributed by atoms with E-state index < -0.39 is 0 Å². The number of benzene rings is 2. The van der Waals surface area contributed by atoms with Gasteiger partial charge in [-0.25, -0.2) is 0 Å². The molecule has 0 aliphatic heterocycles. The summed E-state index contributed by atoms with van der Waals surface area (Å²) in [5.41, 5.74) is 2.41. The zero-order chi connectivity index (χ0) is 12.6. The Morgan fingerprint density at radius 3 is 2.11 bits per heavy atom. The number of hydrogen-bond donors (Lipinski definition) is 0. The van der Waals surface area contributed by atoms with Gasteiger partial charge in [0.05, 0.1) is 0 Å².